The van der Waals surface area contributed by atoms with E-state index >= 15 is 0 Å². The fourth-order valence-electron chi connectivity index (χ4n) is 3.84. The van der Waals surface area contributed by atoms with Gasteiger partial charge in [-0.3, -0.25) is 19.4 Å². The summed E-state index contributed by atoms with van der Waals surface area (Å²) in [4.78, 5) is 68.4. The summed E-state index contributed by atoms with van der Waals surface area (Å²) in [5.41, 5.74) is 17.9. The van der Waals surface area contributed by atoms with Crippen molar-refractivity contribution in [1.82, 2.24) is 35.9 Å². The molecule has 0 aliphatic carbocycles. The van der Waals surface area contributed by atoms with Crippen molar-refractivity contribution in [2.45, 2.75) is 70.1 Å². The van der Waals surface area contributed by atoms with Crippen molar-refractivity contribution < 1.29 is 24.3 Å². The number of carboxylic acids is 1. The fourth-order valence-corrected chi connectivity index (χ4v) is 3.84. The van der Waals surface area contributed by atoms with Crippen molar-refractivity contribution in [3.8, 4) is 0 Å². The lowest BCUT2D eigenvalue weighted by Gasteiger charge is -2.26. The first-order chi connectivity index (χ1) is 19.0. The number of nitrogens with two attached hydrogens (primary N) is 3. The van der Waals surface area contributed by atoms with Crippen LogP contribution in [0, 0.1) is 5.92 Å². The number of imidazole rings is 2. The number of aromatic nitrogens is 4. The number of aliphatic carboxylic acids is 1. The Morgan fingerprint density at radius 3 is 1.98 bits per heavy atom. The van der Waals surface area contributed by atoms with Gasteiger partial charge in [0.05, 0.1) is 18.7 Å². The summed E-state index contributed by atoms with van der Waals surface area (Å²) in [7, 11) is 0. The molecule has 0 aliphatic heterocycles. The van der Waals surface area contributed by atoms with Gasteiger partial charge in [-0.05, 0) is 25.2 Å². The Hall–Kier alpha value is -4.47. The zero-order valence-electron chi connectivity index (χ0n) is 22.6. The molecule has 12 N–H and O–H groups in total. The number of rotatable bonds is 17. The minimum absolute atomic E-state index is 0.0137. The monoisotopic (exact) mass is 561 g/mol. The van der Waals surface area contributed by atoms with E-state index in [0.717, 1.165) is 0 Å². The van der Waals surface area contributed by atoms with Crippen LogP contribution in [0.2, 0.25) is 0 Å². The third-order valence-electron chi connectivity index (χ3n) is 5.84. The lowest BCUT2D eigenvalue weighted by Crippen LogP contribution is -2.57. The smallest absolute Gasteiger partial charge is 0.326 e. The quantitative estimate of drug-likeness (QED) is 0.0575. The van der Waals surface area contributed by atoms with Gasteiger partial charge in [0.1, 0.15) is 18.1 Å². The lowest BCUT2D eigenvalue weighted by atomic mass is 10.0. The normalized spacial score (nSPS) is 14.0. The second-order valence-corrected chi connectivity index (χ2v) is 9.77. The number of carboxylic acid groups (broad SMARTS) is 1. The van der Waals surface area contributed by atoms with Gasteiger partial charge < -0.3 is 48.2 Å². The maximum atomic E-state index is 13.3. The number of H-pyrrole nitrogens is 2. The summed E-state index contributed by atoms with van der Waals surface area (Å²) < 4.78 is 0. The van der Waals surface area contributed by atoms with Gasteiger partial charge in [0.25, 0.3) is 0 Å². The van der Waals surface area contributed by atoms with Crippen LogP contribution in [0.1, 0.15) is 44.5 Å². The molecule has 0 aliphatic rings. The molecule has 16 nitrogen and oxygen atoms in total. The van der Waals surface area contributed by atoms with Gasteiger partial charge in [-0.2, -0.15) is 0 Å². The van der Waals surface area contributed by atoms with Crippen LogP contribution in [-0.4, -0.2) is 85.4 Å². The van der Waals surface area contributed by atoms with Crippen molar-refractivity contribution in [3.63, 3.8) is 0 Å². The largest absolute Gasteiger partial charge is 0.480 e. The molecule has 3 amide bonds. The standard InChI is InChI=1S/C24H39N11O5/c1-13(2)6-18(34-20(36)16(25)7-14-9-28-11-31-14)22(38)33-17(4-3-5-30-24(26)27)21(37)35-19(23(39)40)8-15-10-29-12-32-15/h9-13,16-19H,3-8,25H2,1-2H3,(H,28,31)(H,29,32)(H,33,38)(H,34,36)(H,35,37)(H,39,40)(H4,26,27,30). The Balaban J connectivity index is 2.14. The van der Waals surface area contributed by atoms with E-state index in [4.69, 9.17) is 17.2 Å². The molecule has 16 heteroatoms. The minimum atomic E-state index is -1.28. The molecule has 0 spiro atoms. The van der Waals surface area contributed by atoms with E-state index in [0.29, 0.717) is 17.8 Å². The Morgan fingerprint density at radius 2 is 1.45 bits per heavy atom. The zero-order chi connectivity index (χ0) is 29.7. The van der Waals surface area contributed by atoms with Crippen molar-refractivity contribution in [2.24, 2.45) is 28.1 Å². The predicted octanol–water partition coefficient (Wildman–Crippen LogP) is -2.12. The number of carbonyl (C=O) groups is 4. The number of nitrogens with zero attached hydrogens (tertiary/aromatic N) is 3. The summed E-state index contributed by atoms with van der Waals surface area (Å²) in [6.45, 7) is 3.94. The minimum Gasteiger partial charge on any atom is -0.480 e. The van der Waals surface area contributed by atoms with Crippen LogP contribution >= 0.6 is 0 Å². The van der Waals surface area contributed by atoms with Crippen molar-refractivity contribution in [2.75, 3.05) is 6.54 Å². The third kappa shape index (κ3) is 11.1. The van der Waals surface area contributed by atoms with Gasteiger partial charge in [-0.1, -0.05) is 13.8 Å². The first-order valence-corrected chi connectivity index (χ1v) is 12.9. The number of hydrogen-bond acceptors (Lipinski definition) is 8. The molecule has 2 aromatic heterocycles. The number of nitrogens with one attached hydrogen (secondary N) is 5. The highest BCUT2D eigenvalue weighted by molar-refractivity contribution is 5.94. The van der Waals surface area contributed by atoms with Crippen LogP contribution in [0.4, 0.5) is 0 Å². The number of amides is 3. The SMILES string of the molecule is CC(C)CC(NC(=O)C(N)Cc1cnc[nH]1)C(=O)NC(CCCN=C(N)N)C(=O)NC(Cc1cnc[nH]1)C(=O)O. The second-order valence-electron chi connectivity index (χ2n) is 9.77. The lowest BCUT2D eigenvalue weighted by molar-refractivity contribution is -0.142. The van der Waals surface area contributed by atoms with Gasteiger partial charge in [-0.25, -0.2) is 14.8 Å². The first-order valence-electron chi connectivity index (χ1n) is 12.9. The summed E-state index contributed by atoms with van der Waals surface area (Å²) in [6.07, 6.45) is 6.69. The van der Waals surface area contributed by atoms with Gasteiger partial charge in [0.2, 0.25) is 17.7 Å². The van der Waals surface area contributed by atoms with E-state index in [-0.39, 0.29) is 44.1 Å². The van der Waals surface area contributed by atoms with E-state index in [1.807, 2.05) is 13.8 Å². The molecular weight excluding hydrogens is 522 g/mol. The highest BCUT2D eigenvalue weighted by Crippen LogP contribution is 2.09. The zero-order valence-corrected chi connectivity index (χ0v) is 22.6. The van der Waals surface area contributed by atoms with Crippen LogP contribution in [0.5, 0.6) is 0 Å². The Bertz CT molecular complexity index is 1110. The second kappa shape index (κ2) is 15.8. The molecule has 40 heavy (non-hydrogen) atoms. The maximum absolute atomic E-state index is 13.3. The molecule has 0 saturated carbocycles. The molecule has 2 rings (SSSR count). The fraction of sp³-hybridized carbons (Fsp3) is 0.542. The highest BCUT2D eigenvalue weighted by atomic mass is 16.4. The molecular formula is C24H39N11O5. The average molecular weight is 562 g/mol. The van der Waals surface area contributed by atoms with Crippen molar-refractivity contribution in [3.05, 3.63) is 36.4 Å². The average Bonchev–Trinajstić information content (AvgIpc) is 3.58. The molecule has 0 fully saturated rings. The van der Waals surface area contributed by atoms with Gasteiger partial charge in [0, 0.05) is 43.2 Å². The molecule has 2 heterocycles. The predicted molar refractivity (Wildman–Crippen MR) is 145 cm³/mol. The molecule has 0 saturated heterocycles. The van der Waals surface area contributed by atoms with E-state index in [1.54, 1.807) is 6.20 Å². The van der Waals surface area contributed by atoms with E-state index in [1.165, 1.54) is 18.9 Å². The van der Waals surface area contributed by atoms with Crippen LogP contribution < -0.4 is 33.2 Å². The Kier molecular flexibility index (Phi) is 12.6. The maximum Gasteiger partial charge on any atom is 0.326 e. The van der Waals surface area contributed by atoms with E-state index in [9.17, 15) is 24.3 Å². The highest BCUT2D eigenvalue weighted by Gasteiger charge is 2.31. The van der Waals surface area contributed by atoms with Crippen LogP contribution in [0.25, 0.3) is 0 Å². The molecule has 0 aromatic carbocycles. The Morgan fingerprint density at radius 1 is 0.900 bits per heavy atom. The number of hydrogen-bond donors (Lipinski definition) is 9. The molecule has 2 aromatic rings. The van der Waals surface area contributed by atoms with Gasteiger partial charge in [-0.15, -0.1) is 0 Å². The van der Waals surface area contributed by atoms with E-state index in [2.05, 4.69) is 40.9 Å². The van der Waals surface area contributed by atoms with Crippen LogP contribution in [0.15, 0.2) is 30.0 Å². The molecule has 0 radical (unpaired) electrons. The summed E-state index contributed by atoms with van der Waals surface area (Å²) in [5.74, 6) is -3.24. The molecule has 4 atom stereocenters. The van der Waals surface area contributed by atoms with Crippen molar-refractivity contribution >= 4 is 29.7 Å². The molecule has 4 unspecified atom stereocenters. The summed E-state index contributed by atoms with van der Waals surface area (Å²) in [6, 6.07) is -4.35. The molecule has 220 valence electrons. The number of aromatic amines is 2. The van der Waals surface area contributed by atoms with Gasteiger partial charge >= 0.3 is 5.97 Å². The number of aliphatic imine (C=N–C) groups is 1. The van der Waals surface area contributed by atoms with Gasteiger partial charge in [0.15, 0.2) is 5.96 Å². The van der Waals surface area contributed by atoms with E-state index < -0.39 is 47.9 Å². The number of carbonyl (C=O) groups excluding carboxylic acids is 3. The van der Waals surface area contributed by atoms with Crippen LogP contribution in [-0.2, 0) is 32.0 Å². The first kappa shape index (κ1) is 31.7. The third-order valence-corrected chi connectivity index (χ3v) is 5.84. The summed E-state index contributed by atoms with van der Waals surface area (Å²) >= 11 is 0. The summed E-state index contributed by atoms with van der Waals surface area (Å²) in [5, 5.41) is 17.4. The topological polar surface area (TPSA) is 272 Å². The van der Waals surface area contributed by atoms with Crippen molar-refractivity contribution in [1.29, 1.82) is 0 Å². The molecule has 0 bridgehead atoms. The number of guanidine groups is 1. The Labute approximate surface area is 231 Å². The van der Waals surface area contributed by atoms with Crippen LogP contribution in [0.3, 0.4) is 0 Å².